The van der Waals surface area contributed by atoms with Crippen LogP contribution in [-0.4, -0.2) is 34.2 Å². The summed E-state index contributed by atoms with van der Waals surface area (Å²) in [6.07, 6.45) is 2.91. The average Bonchev–Trinajstić information content (AvgIpc) is 2.64. The maximum Gasteiger partial charge on any atom is 0.242 e. The summed E-state index contributed by atoms with van der Waals surface area (Å²) in [7, 11) is 0. The van der Waals surface area contributed by atoms with Crippen molar-refractivity contribution < 1.29 is 9.59 Å². The van der Waals surface area contributed by atoms with Gasteiger partial charge in [-0.05, 0) is 39.0 Å². The minimum absolute atomic E-state index is 0.0696. The minimum Gasteiger partial charge on any atom is -0.354 e. The van der Waals surface area contributed by atoms with E-state index < -0.39 is 6.04 Å². The van der Waals surface area contributed by atoms with E-state index in [0.29, 0.717) is 18.9 Å². The van der Waals surface area contributed by atoms with E-state index in [2.05, 4.69) is 29.6 Å². The van der Waals surface area contributed by atoms with Crippen molar-refractivity contribution >= 4 is 11.8 Å². The summed E-state index contributed by atoms with van der Waals surface area (Å²) in [5.74, 6) is 0.325. The van der Waals surface area contributed by atoms with Crippen molar-refractivity contribution in [2.75, 3.05) is 6.54 Å². The van der Waals surface area contributed by atoms with Gasteiger partial charge in [-0.25, -0.2) is 0 Å². The Morgan fingerprint density at radius 2 is 2.13 bits per heavy atom. The number of carbonyl (C=O) groups excluding carboxylic acids is 2. The predicted octanol–water partition coefficient (Wildman–Crippen LogP) is 1.48. The zero-order valence-corrected chi connectivity index (χ0v) is 14.6. The van der Waals surface area contributed by atoms with Crippen LogP contribution < -0.4 is 10.6 Å². The van der Waals surface area contributed by atoms with Crippen LogP contribution in [0.3, 0.4) is 0 Å². The van der Waals surface area contributed by atoms with Crippen molar-refractivity contribution in [1.82, 2.24) is 20.4 Å². The Hall–Kier alpha value is -1.85. The molecule has 2 heterocycles. The summed E-state index contributed by atoms with van der Waals surface area (Å²) < 4.78 is 1.97. The lowest BCUT2D eigenvalue weighted by atomic mass is 10.1. The van der Waals surface area contributed by atoms with E-state index in [9.17, 15) is 9.59 Å². The molecule has 1 aromatic heterocycles. The van der Waals surface area contributed by atoms with Gasteiger partial charge in [0.1, 0.15) is 6.04 Å². The van der Waals surface area contributed by atoms with E-state index in [1.54, 1.807) is 0 Å². The standard InChI is InChI=1S/C17H28N4O2/c1-11(2)10-21-13(4)14(12(3)20-21)9-16(22)19-15-7-5-6-8-18-17(15)23/h11,15H,5-10H2,1-4H3,(H,18,23)(H,19,22). The summed E-state index contributed by atoms with van der Waals surface area (Å²) in [4.78, 5) is 24.3. The third-order valence-corrected chi connectivity index (χ3v) is 4.28. The molecule has 0 aliphatic carbocycles. The fourth-order valence-corrected chi connectivity index (χ4v) is 3.00. The molecule has 23 heavy (non-hydrogen) atoms. The molecule has 128 valence electrons. The first-order valence-electron chi connectivity index (χ1n) is 8.48. The lowest BCUT2D eigenvalue weighted by Gasteiger charge is -2.15. The molecule has 1 unspecified atom stereocenters. The van der Waals surface area contributed by atoms with Crippen LogP contribution in [0, 0.1) is 19.8 Å². The molecule has 2 amide bonds. The van der Waals surface area contributed by atoms with Gasteiger partial charge in [0.25, 0.3) is 0 Å². The first-order chi connectivity index (χ1) is 10.9. The van der Waals surface area contributed by atoms with Crippen molar-refractivity contribution in [3.63, 3.8) is 0 Å². The molecule has 0 radical (unpaired) electrons. The number of aromatic nitrogens is 2. The zero-order valence-electron chi connectivity index (χ0n) is 14.6. The van der Waals surface area contributed by atoms with E-state index in [4.69, 9.17) is 0 Å². The highest BCUT2D eigenvalue weighted by atomic mass is 16.2. The Morgan fingerprint density at radius 3 is 2.83 bits per heavy atom. The van der Waals surface area contributed by atoms with Crippen LogP contribution in [0.5, 0.6) is 0 Å². The quantitative estimate of drug-likeness (QED) is 0.863. The molecular weight excluding hydrogens is 292 g/mol. The van der Waals surface area contributed by atoms with Crippen molar-refractivity contribution in [1.29, 1.82) is 0 Å². The van der Waals surface area contributed by atoms with Crippen LogP contribution in [0.25, 0.3) is 0 Å². The third kappa shape index (κ3) is 4.56. The number of hydrogen-bond acceptors (Lipinski definition) is 3. The molecule has 2 N–H and O–H groups in total. The van der Waals surface area contributed by atoms with E-state index in [1.165, 1.54) is 0 Å². The Kier molecular flexibility index (Phi) is 5.80. The van der Waals surface area contributed by atoms with Crippen LogP contribution in [-0.2, 0) is 22.6 Å². The Labute approximate surface area is 138 Å². The van der Waals surface area contributed by atoms with Gasteiger partial charge in [0.05, 0.1) is 12.1 Å². The topological polar surface area (TPSA) is 76.0 Å². The van der Waals surface area contributed by atoms with Gasteiger partial charge in [0.15, 0.2) is 0 Å². The minimum atomic E-state index is -0.406. The molecule has 1 fully saturated rings. The fraction of sp³-hybridized carbons (Fsp3) is 0.706. The molecule has 0 bridgehead atoms. The van der Waals surface area contributed by atoms with Gasteiger partial charge in [0.2, 0.25) is 11.8 Å². The first kappa shape index (κ1) is 17.5. The van der Waals surface area contributed by atoms with Gasteiger partial charge < -0.3 is 10.6 Å². The third-order valence-electron chi connectivity index (χ3n) is 4.28. The second-order valence-electron chi connectivity index (χ2n) is 6.81. The molecule has 1 saturated heterocycles. The van der Waals surface area contributed by atoms with E-state index in [-0.39, 0.29) is 18.2 Å². The number of carbonyl (C=O) groups is 2. The summed E-state index contributed by atoms with van der Waals surface area (Å²) in [5.41, 5.74) is 2.90. The number of aryl methyl sites for hydroxylation is 1. The van der Waals surface area contributed by atoms with Crippen LogP contribution in [0.1, 0.15) is 50.1 Å². The van der Waals surface area contributed by atoms with Crippen LogP contribution in [0.2, 0.25) is 0 Å². The maximum atomic E-state index is 12.3. The molecule has 1 aliphatic rings. The van der Waals surface area contributed by atoms with Gasteiger partial charge in [-0.15, -0.1) is 0 Å². The second kappa shape index (κ2) is 7.62. The summed E-state index contributed by atoms with van der Waals surface area (Å²) in [6.45, 7) is 9.78. The fourth-order valence-electron chi connectivity index (χ4n) is 3.00. The van der Waals surface area contributed by atoms with Crippen LogP contribution >= 0.6 is 0 Å². The number of rotatable bonds is 5. The number of nitrogens with zero attached hydrogens (tertiary/aromatic N) is 2. The van der Waals surface area contributed by atoms with Crippen molar-refractivity contribution in [2.45, 2.75) is 66.0 Å². The summed E-state index contributed by atoms with van der Waals surface area (Å²) >= 11 is 0. The van der Waals surface area contributed by atoms with Gasteiger partial charge >= 0.3 is 0 Å². The van der Waals surface area contributed by atoms with Gasteiger partial charge in [-0.2, -0.15) is 5.10 Å². The Bertz CT molecular complexity index is 577. The number of amides is 2. The zero-order chi connectivity index (χ0) is 17.0. The van der Waals surface area contributed by atoms with Gasteiger partial charge in [0, 0.05) is 24.3 Å². The highest BCUT2D eigenvalue weighted by Gasteiger charge is 2.23. The molecular formula is C17H28N4O2. The Balaban J connectivity index is 2.02. The molecule has 2 rings (SSSR count). The largest absolute Gasteiger partial charge is 0.354 e. The molecule has 6 heteroatoms. The van der Waals surface area contributed by atoms with Crippen molar-refractivity contribution in [3.05, 3.63) is 17.0 Å². The molecule has 6 nitrogen and oxygen atoms in total. The molecule has 0 saturated carbocycles. The molecule has 1 atom stereocenters. The lowest BCUT2D eigenvalue weighted by Crippen LogP contribution is -2.46. The summed E-state index contributed by atoms with van der Waals surface area (Å²) in [5, 5.41) is 10.3. The number of nitrogens with one attached hydrogen (secondary N) is 2. The molecule has 1 aromatic rings. The molecule has 0 aromatic carbocycles. The molecule has 1 aliphatic heterocycles. The first-order valence-corrected chi connectivity index (χ1v) is 8.48. The number of hydrogen-bond donors (Lipinski definition) is 2. The van der Waals surface area contributed by atoms with Crippen LogP contribution in [0.15, 0.2) is 0 Å². The SMILES string of the molecule is Cc1nn(CC(C)C)c(C)c1CC(=O)NC1CCCCNC1=O. The predicted molar refractivity (Wildman–Crippen MR) is 89.0 cm³/mol. The summed E-state index contributed by atoms with van der Waals surface area (Å²) in [6, 6.07) is -0.406. The lowest BCUT2D eigenvalue weighted by molar-refractivity contribution is -0.128. The van der Waals surface area contributed by atoms with Crippen molar-refractivity contribution in [3.8, 4) is 0 Å². The highest BCUT2D eigenvalue weighted by Crippen LogP contribution is 2.16. The van der Waals surface area contributed by atoms with Gasteiger partial charge in [-0.3, -0.25) is 14.3 Å². The van der Waals surface area contributed by atoms with E-state index in [0.717, 1.165) is 36.3 Å². The average molecular weight is 320 g/mol. The van der Waals surface area contributed by atoms with Gasteiger partial charge in [-0.1, -0.05) is 13.8 Å². The van der Waals surface area contributed by atoms with Crippen LogP contribution in [0.4, 0.5) is 0 Å². The normalized spacial score (nSPS) is 18.7. The Morgan fingerprint density at radius 1 is 1.39 bits per heavy atom. The highest BCUT2D eigenvalue weighted by molar-refractivity contribution is 5.88. The van der Waals surface area contributed by atoms with E-state index >= 15 is 0 Å². The van der Waals surface area contributed by atoms with E-state index in [1.807, 2.05) is 18.5 Å². The monoisotopic (exact) mass is 320 g/mol. The maximum absolute atomic E-state index is 12.3. The smallest absolute Gasteiger partial charge is 0.242 e. The second-order valence-corrected chi connectivity index (χ2v) is 6.81. The molecule has 0 spiro atoms. The van der Waals surface area contributed by atoms with Crippen molar-refractivity contribution in [2.24, 2.45) is 5.92 Å².